The Morgan fingerprint density at radius 3 is 2.43 bits per heavy atom. The Morgan fingerprint density at radius 1 is 1.13 bits per heavy atom. The standard InChI is InChI=1S/C15H20N4O2.2ClH/c16-12(11-21-14-6-4-13(20)5-7-14)3-1-8-17-15-18-9-2-10-19-15;;/h2,4-7,9-10,12,20H,1,3,8,11,16H2,(H,17,18,19);2*1H. The van der Waals surface area contributed by atoms with Gasteiger partial charge in [0.2, 0.25) is 5.95 Å². The molecule has 1 aromatic heterocycles. The molecule has 0 fully saturated rings. The Bertz CT molecular complexity index is 529. The number of rotatable bonds is 8. The van der Waals surface area contributed by atoms with Gasteiger partial charge in [-0.15, -0.1) is 24.8 Å². The Kier molecular flexibility index (Phi) is 10.9. The van der Waals surface area contributed by atoms with E-state index in [4.69, 9.17) is 10.5 Å². The zero-order valence-corrected chi connectivity index (χ0v) is 14.2. The molecule has 1 aromatic carbocycles. The van der Waals surface area contributed by atoms with E-state index in [1.54, 1.807) is 42.7 Å². The first-order chi connectivity index (χ1) is 10.2. The van der Waals surface area contributed by atoms with Crippen LogP contribution in [0.4, 0.5) is 5.95 Å². The molecule has 23 heavy (non-hydrogen) atoms. The molecule has 0 radical (unpaired) electrons. The summed E-state index contributed by atoms with van der Waals surface area (Å²) in [5.41, 5.74) is 6.00. The summed E-state index contributed by atoms with van der Waals surface area (Å²) < 4.78 is 5.56. The average Bonchev–Trinajstić information content (AvgIpc) is 2.52. The van der Waals surface area contributed by atoms with Crippen molar-refractivity contribution < 1.29 is 9.84 Å². The number of halogens is 2. The Balaban J connectivity index is 0.00000242. The van der Waals surface area contributed by atoms with Crippen LogP contribution in [0.15, 0.2) is 42.7 Å². The highest BCUT2D eigenvalue weighted by Crippen LogP contribution is 2.16. The fourth-order valence-corrected chi connectivity index (χ4v) is 1.78. The normalized spacial score (nSPS) is 10.8. The van der Waals surface area contributed by atoms with E-state index >= 15 is 0 Å². The molecule has 2 rings (SSSR count). The van der Waals surface area contributed by atoms with Crippen LogP contribution in [0.3, 0.4) is 0 Å². The van der Waals surface area contributed by atoms with E-state index in [-0.39, 0.29) is 36.6 Å². The predicted molar refractivity (Wildman–Crippen MR) is 95.8 cm³/mol. The first kappa shape index (κ1) is 21.2. The topological polar surface area (TPSA) is 93.3 Å². The van der Waals surface area contributed by atoms with Gasteiger partial charge in [-0.25, -0.2) is 9.97 Å². The van der Waals surface area contributed by atoms with E-state index in [9.17, 15) is 5.11 Å². The van der Waals surface area contributed by atoms with E-state index in [0.29, 0.717) is 18.3 Å². The molecule has 6 nitrogen and oxygen atoms in total. The maximum atomic E-state index is 9.17. The van der Waals surface area contributed by atoms with E-state index in [0.717, 1.165) is 19.4 Å². The van der Waals surface area contributed by atoms with Crippen molar-refractivity contribution in [1.29, 1.82) is 0 Å². The molecule has 4 N–H and O–H groups in total. The monoisotopic (exact) mass is 360 g/mol. The number of nitrogens with zero attached hydrogens (tertiary/aromatic N) is 2. The lowest BCUT2D eigenvalue weighted by Gasteiger charge is -2.13. The van der Waals surface area contributed by atoms with Crippen molar-refractivity contribution in [3.8, 4) is 11.5 Å². The van der Waals surface area contributed by atoms with Gasteiger partial charge in [0.1, 0.15) is 18.1 Å². The number of hydrogen-bond acceptors (Lipinski definition) is 6. The first-order valence-electron chi connectivity index (χ1n) is 6.92. The van der Waals surface area contributed by atoms with Crippen molar-refractivity contribution in [3.63, 3.8) is 0 Å². The number of benzene rings is 1. The molecular weight excluding hydrogens is 339 g/mol. The van der Waals surface area contributed by atoms with Gasteiger partial charge < -0.3 is 20.9 Å². The van der Waals surface area contributed by atoms with Gasteiger partial charge in [-0.2, -0.15) is 0 Å². The molecule has 0 aliphatic rings. The van der Waals surface area contributed by atoms with Gasteiger partial charge in [0.15, 0.2) is 0 Å². The van der Waals surface area contributed by atoms with Crippen LogP contribution in [-0.4, -0.2) is 34.3 Å². The van der Waals surface area contributed by atoms with E-state index in [1.165, 1.54) is 0 Å². The fraction of sp³-hybridized carbons (Fsp3) is 0.333. The molecular formula is C15H22Cl2N4O2. The lowest BCUT2D eigenvalue weighted by atomic mass is 10.2. The lowest BCUT2D eigenvalue weighted by Crippen LogP contribution is -2.28. The van der Waals surface area contributed by atoms with Crippen LogP contribution in [-0.2, 0) is 0 Å². The van der Waals surface area contributed by atoms with Crippen LogP contribution in [0.1, 0.15) is 12.8 Å². The van der Waals surface area contributed by atoms with Gasteiger partial charge in [-0.1, -0.05) is 0 Å². The summed E-state index contributed by atoms with van der Waals surface area (Å²) in [4.78, 5) is 8.16. The average molecular weight is 361 g/mol. The molecule has 1 heterocycles. The summed E-state index contributed by atoms with van der Waals surface area (Å²) in [5, 5.41) is 12.3. The number of ether oxygens (including phenoxy) is 1. The second kappa shape index (κ2) is 11.8. The Hall–Kier alpha value is -1.76. The number of phenols is 1. The van der Waals surface area contributed by atoms with E-state index in [1.807, 2.05) is 0 Å². The number of phenolic OH excluding ortho intramolecular Hbond substituents is 1. The summed E-state index contributed by atoms with van der Waals surface area (Å²) in [5.74, 6) is 1.56. The molecule has 1 unspecified atom stereocenters. The van der Waals surface area contributed by atoms with Crippen LogP contribution in [0, 0.1) is 0 Å². The quantitative estimate of drug-likeness (QED) is 0.626. The zero-order chi connectivity index (χ0) is 14.9. The van der Waals surface area contributed by atoms with Crippen molar-refractivity contribution in [2.75, 3.05) is 18.5 Å². The SMILES string of the molecule is Cl.Cl.NC(CCCNc1ncccn1)COc1ccc(O)cc1. The van der Waals surface area contributed by atoms with Crippen molar-refractivity contribution in [2.45, 2.75) is 18.9 Å². The molecule has 0 spiro atoms. The summed E-state index contributed by atoms with van der Waals surface area (Å²) in [6.45, 7) is 1.23. The minimum atomic E-state index is -0.0303. The van der Waals surface area contributed by atoms with E-state index in [2.05, 4.69) is 15.3 Å². The van der Waals surface area contributed by atoms with E-state index < -0.39 is 0 Å². The second-order valence-corrected chi connectivity index (χ2v) is 4.71. The van der Waals surface area contributed by atoms with Crippen molar-refractivity contribution in [2.24, 2.45) is 5.73 Å². The maximum Gasteiger partial charge on any atom is 0.222 e. The third kappa shape index (κ3) is 8.44. The summed E-state index contributed by atoms with van der Waals surface area (Å²) in [6.07, 6.45) is 5.16. The highest BCUT2D eigenvalue weighted by atomic mass is 35.5. The van der Waals surface area contributed by atoms with Gasteiger partial charge in [0, 0.05) is 25.0 Å². The molecule has 0 amide bonds. The van der Waals surface area contributed by atoms with Crippen LogP contribution >= 0.6 is 24.8 Å². The summed E-state index contributed by atoms with van der Waals surface area (Å²) in [6, 6.07) is 8.36. The number of nitrogens with one attached hydrogen (secondary N) is 1. The molecule has 0 aliphatic carbocycles. The first-order valence-corrected chi connectivity index (χ1v) is 6.92. The minimum Gasteiger partial charge on any atom is -0.508 e. The maximum absolute atomic E-state index is 9.17. The molecule has 0 saturated heterocycles. The minimum absolute atomic E-state index is 0. The highest BCUT2D eigenvalue weighted by molar-refractivity contribution is 5.85. The highest BCUT2D eigenvalue weighted by Gasteiger charge is 2.04. The molecule has 0 saturated carbocycles. The molecule has 128 valence electrons. The number of aromatic nitrogens is 2. The fourth-order valence-electron chi connectivity index (χ4n) is 1.78. The van der Waals surface area contributed by atoms with Crippen molar-refractivity contribution in [3.05, 3.63) is 42.7 Å². The lowest BCUT2D eigenvalue weighted by molar-refractivity contribution is 0.280. The number of nitrogens with two attached hydrogens (primary N) is 1. The van der Waals surface area contributed by atoms with Gasteiger partial charge >= 0.3 is 0 Å². The number of anilines is 1. The third-order valence-corrected chi connectivity index (χ3v) is 2.90. The Morgan fingerprint density at radius 2 is 1.78 bits per heavy atom. The van der Waals surface area contributed by atoms with Gasteiger partial charge in [-0.3, -0.25) is 0 Å². The van der Waals surface area contributed by atoms with Crippen molar-refractivity contribution >= 4 is 30.8 Å². The number of hydrogen-bond donors (Lipinski definition) is 3. The van der Waals surface area contributed by atoms with Crippen LogP contribution in [0.2, 0.25) is 0 Å². The third-order valence-electron chi connectivity index (χ3n) is 2.90. The van der Waals surface area contributed by atoms with Crippen molar-refractivity contribution in [1.82, 2.24) is 9.97 Å². The molecule has 2 aromatic rings. The predicted octanol–water partition coefficient (Wildman–Crippen LogP) is 2.62. The van der Waals surface area contributed by atoms with Gasteiger partial charge in [0.25, 0.3) is 0 Å². The smallest absolute Gasteiger partial charge is 0.222 e. The zero-order valence-electron chi connectivity index (χ0n) is 12.6. The molecule has 0 aliphatic heterocycles. The molecule has 0 bridgehead atoms. The van der Waals surface area contributed by atoms with Gasteiger partial charge in [-0.05, 0) is 43.2 Å². The molecule has 1 atom stereocenters. The van der Waals surface area contributed by atoms with Crippen LogP contribution < -0.4 is 15.8 Å². The number of aromatic hydroxyl groups is 1. The second-order valence-electron chi connectivity index (χ2n) is 4.71. The molecule has 8 heteroatoms. The van der Waals surface area contributed by atoms with Gasteiger partial charge in [0.05, 0.1) is 0 Å². The summed E-state index contributed by atoms with van der Waals surface area (Å²) in [7, 11) is 0. The Labute approximate surface area is 148 Å². The van der Waals surface area contributed by atoms with Crippen LogP contribution in [0.5, 0.6) is 11.5 Å². The largest absolute Gasteiger partial charge is 0.508 e. The summed E-state index contributed by atoms with van der Waals surface area (Å²) >= 11 is 0. The van der Waals surface area contributed by atoms with Crippen LogP contribution in [0.25, 0.3) is 0 Å².